The molecule has 0 saturated heterocycles. The molecule has 18 heavy (non-hydrogen) atoms. The first kappa shape index (κ1) is 14.1. The minimum Gasteiger partial charge on any atom is -0.368 e. The Bertz CT molecular complexity index is 458. The standard InChI is InChI=1S/C10H13N3O4S/c1-6-2-3-7(18-6)10(16)12-4-9(15)13-17-5-8(11)14/h2-3H,4-5H2,1H3,(H2,11,14)(H,12,16)(H,13,15). The number of amides is 3. The molecular weight excluding hydrogens is 258 g/mol. The molecule has 1 heterocycles. The van der Waals surface area contributed by atoms with E-state index in [1.165, 1.54) is 11.3 Å². The van der Waals surface area contributed by atoms with Crippen LogP contribution in [0.2, 0.25) is 0 Å². The van der Waals surface area contributed by atoms with Crippen molar-refractivity contribution in [2.75, 3.05) is 13.2 Å². The van der Waals surface area contributed by atoms with Crippen molar-refractivity contribution < 1.29 is 19.2 Å². The number of hydrogen-bond acceptors (Lipinski definition) is 5. The summed E-state index contributed by atoms with van der Waals surface area (Å²) in [7, 11) is 0. The first-order valence-corrected chi connectivity index (χ1v) is 5.84. The molecule has 0 aliphatic heterocycles. The van der Waals surface area contributed by atoms with Gasteiger partial charge < -0.3 is 11.1 Å². The highest BCUT2D eigenvalue weighted by Crippen LogP contribution is 2.14. The molecule has 0 radical (unpaired) electrons. The number of carbonyl (C=O) groups excluding carboxylic acids is 3. The van der Waals surface area contributed by atoms with E-state index in [-0.39, 0.29) is 12.5 Å². The Hall–Kier alpha value is -1.93. The first-order chi connectivity index (χ1) is 8.49. The molecule has 1 rings (SSSR count). The monoisotopic (exact) mass is 271 g/mol. The van der Waals surface area contributed by atoms with E-state index >= 15 is 0 Å². The smallest absolute Gasteiger partial charge is 0.262 e. The number of carbonyl (C=O) groups is 3. The van der Waals surface area contributed by atoms with Gasteiger partial charge in [-0.15, -0.1) is 11.3 Å². The highest BCUT2D eigenvalue weighted by Gasteiger charge is 2.09. The number of nitrogens with two attached hydrogens (primary N) is 1. The number of rotatable bonds is 6. The van der Waals surface area contributed by atoms with E-state index in [1.807, 2.05) is 18.5 Å². The Morgan fingerprint density at radius 2 is 2.11 bits per heavy atom. The Morgan fingerprint density at radius 3 is 2.67 bits per heavy atom. The highest BCUT2D eigenvalue weighted by atomic mass is 32.1. The van der Waals surface area contributed by atoms with Crippen molar-refractivity contribution in [1.82, 2.24) is 10.8 Å². The fourth-order valence-electron chi connectivity index (χ4n) is 1.03. The molecule has 0 aliphatic carbocycles. The van der Waals surface area contributed by atoms with Gasteiger partial charge >= 0.3 is 0 Å². The number of hydrogen-bond donors (Lipinski definition) is 3. The van der Waals surface area contributed by atoms with Gasteiger partial charge in [-0.1, -0.05) is 0 Å². The molecule has 0 aliphatic rings. The molecule has 7 nitrogen and oxygen atoms in total. The van der Waals surface area contributed by atoms with Gasteiger partial charge in [-0.25, -0.2) is 5.48 Å². The Morgan fingerprint density at radius 1 is 1.39 bits per heavy atom. The van der Waals surface area contributed by atoms with E-state index in [4.69, 9.17) is 5.73 Å². The van der Waals surface area contributed by atoms with Gasteiger partial charge in [0, 0.05) is 4.88 Å². The number of hydroxylamine groups is 1. The second-order valence-corrected chi connectivity index (χ2v) is 4.66. The second-order valence-electron chi connectivity index (χ2n) is 3.37. The maximum absolute atomic E-state index is 11.5. The molecule has 8 heteroatoms. The van der Waals surface area contributed by atoms with Gasteiger partial charge in [0.25, 0.3) is 11.8 Å². The van der Waals surface area contributed by atoms with Crippen LogP contribution < -0.4 is 16.5 Å². The third-order valence-corrected chi connectivity index (χ3v) is 2.77. The topological polar surface area (TPSA) is 111 Å². The normalized spacial score (nSPS) is 9.83. The quantitative estimate of drug-likeness (QED) is 0.595. The zero-order valence-electron chi connectivity index (χ0n) is 9.69. The summed E-state index contributed by atoms with van der Waals surface area (Å²) in [6.07, 6.45) is 0. The summed E-state index contributed by atoms with van der Waals surface area (Å²) >= 11 is 1.33. The molecule has 1 aromatic rings. The van der Waals surface area contributed by atoms with Crippen molar-refractivity contribution in [2.45, 2.75) is 6.92 Å². The Kier molecular flexibility index (Phi) is 5.28. The third kappa shape index (κ3) is 4.93. The summed E-state index contributed by atoms with van der Waals surface area (Å²) in [4.78, 5) is 39.0. The lowest BCUT2D eigenvalue weighted by atomic mass is 10.4. The summed E-state index contributed by atoms with van der Waals surface area (Å²) in [5, 5.41) is 2.41. The number of thiophene rings is 1. The zero-order valence-corrected chi connectivity index (χ0v) is 10.5. The van der Waals surface area contributed by atoms with E-state index in [9.17, 15) is 14.4 Å². The van der Waals surface area contributed by atoms with Crippen LogP contribution >= 0.6 is 11.3 Å². The summed E-state index contributed by atoms with van der Waals surface area (Å²) < 4.78 is 0. The zero-order chi connectivity index (χ0) is 13.5. The maximum atomic E-state index is 11.5. The van der Waals surface area contributed by atoms with E-state index < -0.39 is 18.4 Å². The van der Waals surface area contributed by atoms with Crippen molar-refractivity contribution in [3.63, 3.8) is 0 Å². The van der Waals surface area contributed by atoms with Crippen LogP contribution in [0.5, 0.6) is 0 Å². The SMILES string of the molecule is Cc1ccc(C(=O)NCC(=O)NOCC(N)=O)s1. The molecule has 3 amide bonds. The van der Waals surface area contributed by atoms with Crippen LogP contribution in [0.15, 0.2) is 12.1 Å². The first-order valence-electron chi connectivity index (χ1n) is 5.02. The number of aryl methyl sites for hydroxylation is 1. The van der Waals surface area contributed by atoms with Gasteiger partial charge in [0.1, 0.15) is 0 Å². The summed E-state index contributed by atoms with van der Waals surface area (Å²) in [6.45, 7) is 1.23. The molecule has 0 saturated carbocycles. The molecule has 0 atom stereocenters. The highest BCUT2D eigenvalue weighted by molar-refractivity contribution is 7.13. The van der Waals surface area contributed by atoms with Crippen LogP contribution in [0.1, 0.15) is 14.5 Å². The van der Waals surface area contributed by atoms with Crippen molar-refractivity contribution >= 4 is 29.1 Å². The lowest BCUT2D eigenvalue weighted by Crippen LogP contribution is -2.38. The van der Waals surface area contributed by atoms with E-state index in [2.05, 4.69) is 10.2 Å². The van der Waals surface area contributed by atoms with E-state index in [1.54, 1.807) is 6.07 Å². The van der Waals surface area contributed by atoms with Crippen LogP contribution in [0.3, 0.4) is 0 Å². The van der Waals surface area contributed by atoms with Gasteiger partial charge in [0.2, 0.25) is 5.91 Å². The predicted molar refractivity (Wildman–Crippen MR) is 64.7 cm³/mol. The molecule has 0 fully saturated rings. The average molecular weight is 271 g/mol. The maximum Gasteiger partial charge on any atom is 0.262 e. The van der Waals surface area contributed by atoms with Gasteiger partial charge in [-0.05, 0) is 19.1 Å². The molecule has 0 spiro atoms. The van der Waals surface area contributed by atoms with E-state index in [0.29, 0.717) is 4.88 Å². The third-order valence-electron chi connectivity index (χ3n) is 1.77. The average Bonchev–Trinajstić information content (AvgIpc) is 2.72. The van der Waals surface area contributed by atoms with Gasteiger partial charge in [-0.3, -0.25) is 19.2 Å². The fourth-order valence-corrected chi connectivity index (χ4v) is 1.81. The number of primary amides is 1. The van der Waals surface area contributed by atoms with Gasteiger partial charge in [-0.2, -0.15) is 0 Å². The van der Waals surface area contributed by atoms with Crippen LogP contribution in [0.25, 0.3) is 0 Å². The largest absolute Gasteiger partial charge is 0.368 e. The lowest BCUT2D eigenvalue weighted by Gasteiger charge is -2.05. The van der Waals surface area contributed by atoms with Crippen molar-refractivity contribution in [3.05, 3.63) is 21.9 Å². The van der Waals surface area contributed by atoms with Crippen molar-refractivity contribution in [3.8, 4) is 0 Å². The Balaban J connectivity index is 2.26. The molecule has 0 unspecified atom stereocenters. The van der Waals surface area contributed by atoms with E-state index in [0.717, 1.165) is 4.88 Å². The number of nitrogens with one attached hydrogen (secondary N) is 2. The second kappa shape index (κ2) is 6.72. The molecule has 98 valence electrons. The van der Waals surface area contributed by atoms with Crippen LogP contribution in [-0.2, 0) is 14.4 Å². The summed E-state index contributed by atoms with van der Waals surface area (Å²) in [5.74, 6) is -1.61. The minimum absolute atomic E-state index is 0.242. The molecule has 4 N–H and O–H groups in total. The van der Waals surface area contributed by atoms with Crippen LogP contribution in [-0.4, -0.2) is 30.9 Å². The lowest BCUT2D eigenvalue weighted by molar-refractivity contribution is -0.137. The predicted octanol–water partition coefficient (Wildman–Crippen LogP) is -0.681. The van der Waals surface area contributed by atoms with Crippen molar-refractivity contribution in [2.24, 2.45) is 5.73 Å². The van der Waals surface area contributed by atoms with Gasteiger partial charge in [0.05, 0.1) is 11.4 Å². The molecule has 0 aromatic carbocycles. The van der Waals surface area contributed by atoms with Crippen LogP contribution in [0.4, 0.5) is 0 Å². The van der Waals surface area contributed by atoms with Crippen molar-refractivity contribution in [1.29, 1.82) is 0 Å². The Labute approximate surface area is 107 Å². The summed E-state index contributed by atoms with van der Waals surface area (Å²) in [6, 6.07) is 3.49. The molecular formula is C10H13N3O4S. The minimum atomic E-state index is -0.701. The summed E-state index contributed by atoms with van der Waals surface area (Å²) in [5.41, 5.74) is 6.77. The molecule has 0 bridgehead atoms. The fraction of sp³-hybridized carbons (Fsp3) is 0.300. The van der Waals surface area contributed by atoms with Gasteiger partial charge in [0.15, 0.2) is 6.61 Å². The molecule has 1 aromatic heterocycles. The van der Waals surface area contributed by atoms with Crippen LogP contribution in [0, 0.1) is 6.92 Å².